The first-order valence-electron chi connectivity index (χ1n) is 5.14. The van der Waals surface area contributed by atoms with Crippen molar-refractivity contribution in [2.45, 2.75) is 0 Å². The van der Waals surface area contributed by atoms with E-state index in [0.29, 0.717) is 10.6 Å². The zero-order valence-corrected chi connectivity index (χ0v) is 10.2. The zero-order chi connectivity index (χ0) is 12.0. The number of nitrogens with zero attached hydrogens (tertiary/aromatic N) is 2. The minimum atomic E-state index is -0.229. The lowest BCUT2D eigenvalue weighted by Crippen LogP contribution is -2.05. The summed E-state index contributed by atoms with van der Waals surface area (Å²) in [4.78, 5) is 16.8. The molecule has 0 radical (unpaired) electrons. The first-order chi connectivity index (χ1) is 8.22. The Balaban J connectivity index is 2.62. The monoisotopic (exact) mass is 246 g/mol. The molecule has 0 saturated heterocycles. The summed E-state index contributed by atoms with van der Waals surface area (Å²) in [5, 5.41) is 2.02. The second-order valence-electron chi connectivity index (χ2n) is 3.75. The molecule has 2 aromatic heterocycles. The van der Waals surface area contributed by atoms with Crippen LogP contribution in [0.4, 0.5) is 0 Å². The van der Waals surface area contributed by atoms with Gasteiger partial charge in [-0.15, -0.1) is 0 Å². The van der Waals surface area contributed by atoms with Gasteiger partial charge >= 0.3 is 0 Å². The predicted molar refractivity (Wildman–Crippen MR) is 68.9 cm³/mol. The van der Waals surface area contributed by atoms with E-state index < -0.39 is 0 Å². The molecule has 0 fully saturated rings. The van der Waals surface area contributed by atoms with Gasteiger partial charge in [0.15, 0.2) is 0 Å². The fraction of sp³-hybridized carbons (Fsp3) is 0.167. The van der Waals surface area contributed by atoms with Gasteiger partial charge in [-0.3, -0.25) is 4.79 Å². The molecule has 0 amide bonds. The maximum Gasteiger partial charge on any atom is 0.284 e. The molecule has 0 aliphatic rings. The summed E-state index contributed by atoms with van der Waals surface area (Å²) < 4.78 is 7.05. The van der Waals surface area contributed by atoms with Gasteiger partial charge in [0.05, 0.1) is 12.5 Å². The molecule has 1 aromatic carbocycles. The molecule has 3 aromatic rings. The van der Waals surface area contributed by atoms with Gasteiger partial charge in [-0.25, -0.2) is 0 Å². The van der Waals surface area contributed by atoms with Crippen LogP contribution in [0, 0.1) is 0 Å². The second kappa shape index (κ2) is 3.56. The molecule has 0 spiro atoms. The largest absolute Gasteiger partial charge is 0.473 e. The van der Waals surface area contributed by atoms with Gasteiger partial charge in [0, 0.05) is 18.0 Å². The number of ether oxygens (including phenoxy) is 1. The van der Waals surface area contributed by atoms with Crippen LogP contribution >= 0.6 is 11.3 Å². The standard InChI is InChI=1S/C12H10N2O2S/c1-14-8-6-4-3-5-7(8)9-10(15)13-12(16-2)17-11(9)14/h3-6H,1-2H3. The van der Waals surface area contributed by atoms with Crippen molar-refractivity contribution >= 4 is 32.5 Å². The van der Waals surface area contributed by atoms with Crippen molar-refractivity contribution in [2.24, 2.45) is 7.05 Å². The topological polar surface area (TPSA) is 44.1 Å². The Kier molecular flexibility index (Phi) is 2.16. The van der Waals surface area contributed by atoms with Crippen LogP contribution in [0.1, 0.15) is 0 Å². The lowest BCUT2D eigenvalue weighted by molar-refractivity contribution is 0.410. The van der Waals surface area contributed by atoms with E-state index in [1.165, 1.54) is 18.4 Å². The van der Waals surface area contributed by atoms with Crippen molar-refractivity contribution in [1.82, 2.24) is 9.55 Å². The van der Waals surface area contributed by atoms with E-state index in [0.717, 1.165) is 15.7 Å². The molecular formula is C12H10N2O2S. The molecule has 2 heterocycles. The van der Waals surface area contributed by atoms with E-state index in [2.05, 4.69) is 4.98 Å². The van der Waals surface area contributed by atoms with Gasteiger partial charge in [0.2, 0.25) is 0 Å². The first kappa shape index (κ1) is 10.3. The highest BCUT2D eigenvalue weighted by Crippen LogP contribution is 2.30. The van der Waals surface area contributed by atoms with Crippen molar-refractivity contribution in [1.29, 1.82) is 0 Å². The van der Waals surface area contributed by atoms with Crippen LogP contribution in [0.25, 0.3) is 21.1 Å². The van der Waals surface area contributed by atoms with E-state index in [1.807, 2.05) is 35.9 Å². The molecule has 5 heteroatoms. The van der Waals surface area contributed by atoms with Crippen molar-refractivity contribution in [2.75, 3.05) is 7.11 Å². The lowest BCUT2D eigenvalue weighted by atomic mass is 10.2. The second-order valence-corrected chi connectivity index (χ2v) is 4.69. The maximum absolute atomic E-state index is 12.0. The molecule has 0 aliphatic carbocycles. The van der Waals surface area contributed by atoms with E-state index in [9.17, 15) is 4.79 Å². The SMILES string of the molecule is COc1nc(=O)c2c3ccccc3n(C)c2s1. The number of methoxy groups -OCH3 is 1. The van der Waals surface area contributed by atoms with Crippen molar-refractivity contribution < 1.29 is 4.74 Å². The van der Waals surface area contributed by atoms with Crippen molar-refractivity contribution in [3.63, 3.8) is 0 Å². The van der Waals surface area contributed by atoms with Crippen LogP contribution in [0.2, 0.25) is 0 Å². The van der Waals surface area contributed by atoms with Crippen LogP contribution in [-0.2, 0) is 7.05 Å². The van der Waals surface area contributed by atoms with Crippen LogP contribution in [0.3, 0.4) is 0 Å². The Hall–Kier alpha value is -1.88. The van der Waals surface area contributed by atoms with Gasteiger partial charge in [-0.2, -0.15) is 4.98 Å². The highest BCUT2D eigenvalue weighted by Gasteiger charge is 2.13. The molecule has 0 unspecified atom stereocenters. The van der Waals surface area contributed by atoms with E-state index in [4.69, 9.17) is 4.74 Å². The summed E-state index contributed by atoms with van der Waals surface area (Å²) in [5.74, 6) is 0. The number of hydrogen-bond donors (Lipinski definition) is 0. The molecule has 17 heavy (non-hydrogen) atoms. The smallest absolute Gasteiger partial charge is 0.284 e. The third-order valence-corrected chi connectivity index (χ3v) is 3.92. The van der Waals surface area contributed by atoms with Crippen molar-refractivity contribution in [3.05, 3.63) is 34.6 Å². The van der Waals surface area contributed by atoms with Crippen LogP contribution in [-0.4, -0.2) is 16.7 Å². The Labute approximate surface area is 101 Å². The van der Waals surface area contributed by atoms with E-state index in [1.54, 1.807) is 0 Å². The molecular weight excluding hydrogens is 236 g/mol. The summed E-state index contributed by atoms with van der Waals surface area (Å²) in [6.07, 6.45) is 0. The lowest BCUT2D eigenvalue weighted by Gasteiger charge is -1.98. The average Bonchev–Trinajstić information content (AvgIpc) is 2.64. The summed E-state index contributed by atoms with van der Waals surface area (Å²) in [6, 6.07) is 7.82. The Morgan fingerprint density at radius 1 is 1.35 bits per heavy atom. The number of rotatable bonds is 1. The fourth-order valence-electron chi connectivity index (χ4n) is 2.03. The van der Waals surface area contributed by atoms with Gasteiger partial charge < -0.3 is 9.30 Å². The van der Waals surface area contributed by atoms with Gasteiger partial charge in [-0.05, 0) is 6.07 Å². The third-order valence-electron chi connectivity index (χ3n) is 2.82. The van der Waals surface area contributed by atoms with Crippen molar-refractivity contribution in [3.8, 4) is 5.19 Å². The summed E-state index contributed by atoms with van der Waals surface area (Å²) >= 11 is 1.38. The Bertz CT molecular complexity index is 773. The average molecular weight is 246 g/mol. The number of fused-ring (bicyclic) bond motifs is 3. The number of aryl methyl sites for hydroxylation is 1. The Morgan fingerprint density at radius 2 is 2.12 bits per heavy atom. The molecule has 86 valence electrons. The predicted octanol–water partition coefficient (Wildman–Crippen LogP) is 2.16. The molecule has 0 aliphatic heterocycles. The molecule has 0 N–H and O–H groups in total. The molecule has 3 rings (SSSR count). The van der Waals surface area contributed by atoms with Crippen LogP contribution < -0.4 is 10.3 Å². The first-order valence-corrected chi connectivity index (χ1v) is 5.96. The Morgan fingerprint density at radius 3 is 2.88 bits per heavy atom. The molecule has 0 atom stereocenters. The van der Waals surface area contributed by atoms with Gasteiger partial charge in [0.25, 0.3) is 10.8 Å². The minimum absolute atomic E-state index is 0.229. The maximum atomic E-state index is 12.0. The summed E-state index contributed by atoms with van der Waals surface area (Å²) in [7, 11) is 3.47. The molecule has 4 nitrogen and oxygen atoms in total. The minimum Gasteiger partial charge on any atom is -0.473 e. The number of para-hydroxylation sites is 1. The summed E-state index contributed by atoms with van der Waals surface area (Å²) in [6.45, 7) is 0. The molecule has 0 bridgehead atoms. The van der Waals surface area contributed by atoms with E-state index >= 15 is 0 Å². The summed E-state index contributed by atoms with van der Waals surface area (Å²) in [5.41, 5.74) is 0.804. The quantitative estimate of drug-likeness (QED) is 0.661. The number of hydrogen-bond acceptors (Lipinski definition) is 4. The van der Waals surface area contributed by atoms with Gasteiger partial charge in [-0.1, -0.05) is 29.5 Å². The fourth-order valence-corrected chi connectivity index (χ4v) is 2.94. The number of aromatic nitrogens is 2. The third kappa shape index (κ3) is 1.36. The van der Waals surface area contributed by atoms with Gasteiger partial charge in [0.1, 0.15) is 4.83 Å². The highest BCUT2D eigenvalue weighted by atomic mass is 32.1. The van der Waals surface area contributed by atoms with Crippen LogP contribution in [0.15, 0.2) is 29.1 Å². The normalized spacial score (nSPS) is 11.2. The molecule has 0 saturated carbocycles. The number of benzene rings is 1. The highest BCUT2D eigenvalue weighted by molar-refractivity contribution is 7.19. The van der Waals surface area contributed by atoms with Crippen LogP contribution in [0.5, 0.6) is 5.19 Å². The van der Waals surface area contributed by atoms with E-state index in [-0.39, 0.29) is 5.56 Å². The zero-order valence-electron chi connectivity index (χ0n) is 9.43.